The van der Waals surface area contributed by atoms with Crippen LogP contribution in [0.15, 0.2) is 26.2 Å². The summed E-state index contributed by atoms with van der Waals surface area (Å²) < 4.78 is 27.9. The number of anilines is 1. The van der Waals surface area contributed by atoms with Crippen LogP contribution in [0.25, 0.3) is 0 Å². The number of hydrogen-bond donors (Lipinski definition) is 0. The summed E-state index contributed by atoms with van der Waals surface area (Å²) in [6.45, 7) is 3.75. The van der Waals surface area contributed by atoms with Crippen LogP contribution in [0.2, 0.25) is 5.15 Å². The van der Waals surface area contributed by atoms with Gasteiger partial charge in [-0.3, -0.25) is 0 Å². The maximum Gasteiger partial charge on any atom is 0.252 e. The van der Waals surface area contributed by atoms with Crippen LogP contribution in [0.3, 0.4) is 0 Å². The van der Waals surface area contributed by atoms with Crippen molar-refractivity contribution in [3.63, 3.8) is 0 Å². The zero-order valence-electron chi connectivity index (χ0n) is 12.2. The fraction of sp³-hybridized carbons (Fsp3) is 0.385. The average molecular weight is 438 g/mol. The highest BCUT2D eigenvalue weighted by molar-refractivity contribution is 9.11. The minimum Gasteiger partial charge on any atom is -0.354 e. The van der Waals surface area contributed by atoms with E-state index < -0.39 is 10.0 Å². The van der Waals surface area contributed by atoms with Gasteiger partial charge in [-0.05, 0) is 35.0 Å². The van der Waals surface area contributed by atoms with Crippen molar-refractivity contribution in [2.75, 3.05) is 31.1 Å². The number of thiophene rings is 1. The molecule has 10 heteroatoms. The number of nitrogens with zero attached hydrogens (tertiary/aromatic N) is 4. The van der Waals surface area contributed by atoms with Gasteiger partial charge in [0.1, 0.15) is 21.0 Å². The number of hydrogen-bond acceptors (Lipinski definition) is 6. The van der Waals surface area contributed by atoms with Gasteiger partial charge >= 0.3 is 0 Å². The summed E-state index contributed by atoms with van der Waals surface area (Å²) in [5, 5.41) is 0.394. The average Bonchev–Trinajstić information content (AvgIpc) is 2.94. The van der Waals surface area contributed by atoms with Gasteiger partial charge in [0, 0.05) is 32.2 Å². The second-order valence-corrected chi connectivity index (χ2v) is 10.1. The molecule has 0 aliphatic carbocycles. The first-order chi connectivity index (χ1) is 10.9. The Bertz CT molecular complexity index is 799. The van der Waals surface area contributed by atoms with E-state index in [1.807, 2.05) is 4.90 Å². The van der Waals surface area contributed by atoms with Crippen LogP contribution in [-0.4, -0.2) is 48.9 Å². The van der Waals surface area contributed by atoms with Crippen molar-refractivity contribution >= 4 is 54.7 Å². The summed E-state index contributed by atoms with van der Waals surface area (Å²) in [6.07, 6.45) is 0. The lowest BCUT2D eigenvalue weighted by Crippen LogP contribution is -2.48. The van der Waals surface area contributed by atoms with Crippen molar-refractivity contribution in [3.8, 4) is 0 Å². The number of rotatable bonds is 3. The van der Waals surface area contributed by atoms with Gasteiger partial charge in [0.2, 0.25) is 0 Å². The van der Waals surface area contributed by atoms with Crippen molar-refractivity contribution < 1.29 is 8.42 Å². The molecule has 0 N–H and O–H groups in total. The minimum atomic E-state index is -3.43. The Morgan fingerprint density at radius 2 is 1.91 bits per heavy atom. The molecule has 0 saturated carbocycles. The first-order valence-electron chi connectivity index (χ1n) is 6.88. The summed E-state index contributed by atoms with van der Waals surface area (Å²) in [7, 11) is -3.43. The maximum atomic E-state index is 12.6. The van der Waals surface area contributed by atoms with E-state index in [-0.39, 0.29) is 0 Å². The van der Waals surface area contributed by atoms with Crippen molar-refractivity contribution in [1.82, 2.24) is 14.3 Å². The first kappa shape index (κ1) is 17.1. The molecule has 0 unspecified atom stereocenters. The molecule has 0 aromatic carbocycles. The van der Waals surface area contributed by atoms with Crippen molar-refractivity contribution in [2.24, 2.45) is 0 Å². The number of piperazine rings is 1. The normalized spacial score (nSPS) is 16.7. The van der Waals surface area contributed by atoms with Gasteiger partial charge in [0.15, 0.2) is 0 Å². The van der Waals surface area contributed by atoms with Gasteiger partial charge in [-0.2, -0.15) is 4.31 Å². The lowest BCUT2D eigenvalue weighted by Gasteiger charge is -2.34. The lowest BCUT2D eigenvalue weighted by molar-refractivity contribution is 0.384. The second-order valence-electron chi connectivity index (χ2n) is 5.05. The Labute approximate surface area is 152 Å². The quantitative estimate of drug-likeness (QED) is 0.691. The molecule has 2 aromatic heterocycles. The van der Waals surface area contributed by atoms with E-state index in [1.165, 1.54) is 15.6 Å². The molecule has 1 aliphatic rings. The monoisotopic (exact) mass is 436 g/mol. The van der Waals surface area contributed by atoms with Crippen LogP contribution in [0, 0.1) is 6.92 Å². The van der Waals surface area contributed by atoms with Crippen molar-refractivity contribution in [1.29, 1.82) is 0 Å². The third-order valence-corrected chi connectivity index (χ3v) is 7.68. The lowest BCUT2D eigenvalue weighted by atomic mass is 10.3. The minimum absolute atomic E-state index is 0.360. The summed E-state index contributed by atoms with van der Waals surface area (Å²) in [4.78, 5) is 10.4. The molecule has 1 saturated heterocycles. The largest absolute Gasteiger partial charge is 0.354 e. The number of halogens is 2. The molecule has 0 atom stereocenters. The Morgan fingerprint density at radius 1 is 1.22 bits per heavy atom. The van der Waals surface area contributed by atoms with E-state index in [0.29, 0.717) is 41.4 Å². The van der Waals surface area contributed by atoms with Crippen molar-refractivity contribution in [3.05, 3.63) is 33.0 Å². The zero-order valence-corrected chi connectivity index (χ0v) is 16.2. The summed E-state index contributed by atoms with van der Waals surface area (Å²) in [5.41, 5.74) is 0. The zero-order chi connectivity index (χ0) is 16.6. The SMILES string of the molecule is Cc1nc(Cl)cc(N2CCN(S(=O)(=O)c3ccc(Br)s3)CC2)n1. The topological polar surface area (TPSA) is 66.4 Å². The molecule has 124 valence electrons. The molecule has 0 spiro atoms. The molecule has 0 bridgehead atoms. The molecule has 1 aliphatic heterocycles. The van der Waals surface area contributed by atoms with E-state index in [9.17, 15) is 8.42 Å². The molecule has 0 amide bonds. The first-order valence-corrected chi connectivity index (χ1v) is 10.3. The van der Waals surface area contributed by atoms with Gasteiger partial charge in [0.25, 0.3) is 10.0 Å². The van der Waals surface area contributed by atoms with Gasteiger partial charge in [0.05, 0.1) is 3.79 Å². The molecule has 1 fully saturated rings. The molecule has 3 rings (SSSR count). The second kappa shape index (κ2) is 6.64. The standard InChI is InChI=1S/C13H14BrClN4O2S2/c1-9-16-11(15)8-12(17-9)18-4-6-19(7-5-18)23(20,21)13-3-2-10(14)22-13/h2-3,8H,4-7H2,1H3. The van der Waals surface area contributed by atoms with Gasteiger partial charge in [-0.15, -0.1) is 11.3 Å². The highest BCUT2D eigenvalue weighted by Crippen LogP contribution is 2.29. The van der Waals surface area contributed by atoms with Crippen LogP contribution < -0.4 is 4.90 Å². The fourth-order valence-corrected chi connectivity index (χ4v) is 6.21. The predicted molar refractivity (Wildman–Crippen MR) is 94.8 cm³/mol. The Kier molecular flexibility index (Phi) is 4.93. The Morgan fingerprint density at radius 3 is 2.48 bits per heavy atom. The molecule has 6 nitrogen and oxygen atoms in total. The third kappa shape index (κ3) is 3.69. The van der Waals surface area contributed by atoms with E-state index in [1.54, 1.807) is 25.1 Å². The Balaban J connectivity index is 1.73. The van der Waals surface area contributed by atoms with E-state index >= 15 is 0 Å². The van der Waals surface area contributed by atoms with Crippen LogP contribution in [0.1, 0.15) is 5.82 Å². The molecular formula is C13H14BrClN4O2S2. The number of aromatic nitrogens is 2. The van der Waals surface area contributed by atoms with E-state index in [2.05, 4.69) is 25.9 Å². The number of sulfonamides is 1. The van der Waals surface area contributed by atoms with E-state index in [0.717, 1.165) is 9.60 Å². The van der Waals surface area contributed by atoms with Gasteiger partial charge in [-0.1, -0.05) is 11.6 Å². The summed E-state index contributed by atoms with van der Waals surface area (Å²) in [6, 6.07) is 5.08. The maximum absolute atomic E-state index is 12.6. The van der Waals surface area contributed by atoms with Gasteiger partial charge in [-0.25, -0.2) is 18.4 Å². The molecule has 2 aromatic rings. The molecule has 0 radical (unpaired) electrons. The predicted octanol–water partition coefficient (Wildman–Crippen LogP) is 2.77. The number of aryl methyl sites for hydroxylation is 1. The fourth-order valence-electron chi connectivity index (χ4n) is 2.40. The summed E-state index contributed by atoms with van der Waals surface area (Å²) >= 11 is 10.5. The van der Waals surface area contributed by atoms with Crippen molar-refractivity contribution in [2.45, 2.75) is 11.1 Å². The highest BCUT2D eigenvalue weighted by atomic mass is 79.9. The third-order valence-electron chi connectivity index (χ3n) is 3.50. The van der Waals surface area contributed by atoms with Crippen LogP contribution in [-0.2, 0) is 10.0 Å². The summed E-state index contributed by atoms with van der Waals surface area (Å²) in [5.74, 6) is 1.34. The molecular weight excluding hydrogens is 424 g/mol. The van der Waals surface area contributed by atoms with Crippen LogP contribution in [0.5, 0.6) is 0 Å². The molecule has 23 heavy (non-hydrogen) atoms. The van der Waals surface area contributed by atoms with Crippen LogP contribution in [0.4, 0.5) is 5.82 Å². The molecule has 3 heterocycles. The highest BCUT2D eigenvalue weighted by Gasteiger charge is 2.30. The van der Waals surface area contributed by atoms with Crippen LogP contribution >= 0.6 is 38.9 Å². The smallest absolute Gasteiger partial charge is 0.252 e. The Hall–Kier alpha value is -0.740. The van der Waals surface area contributed by atoms with Gasteiger partial charge < -0.3 is 4.90 Å². The van der Waals surface area contributed by atoms with E-state index in [4.69, 9.17) is 11.6 Å².